The average molecular weight is 712 g/mol. The first-order valence-corrected chi connectivity index (χ1v) is 18.4. The Labute approximate surface area is 223 Å². The molecular weight excluding hydrogens is 692 g/mol. The Hall–Kier alpha value is -2.13. The number of nitrogens with one attached hydrogen (secondary N) is 1. The first-order chi connectivity index (χ1) is 17.4. The molecule has 0 aliphatic carbocycles. The van der Waals surface area contributed by atoms with E-state index in [0.29, 0.717) is 32.3 Å². The summed E-state index contributed by atoms with van der Waals surface area (Å²) in [4.78, 5) is 13.3. The number of rotatable bonds is 1. The number of nitrogens with zero attached hydrogens (tertiary/aromatic N) is 4. The van der Waals surface area contributed by atoms with Crippen LogP contribution >= 0.6 is 9.39 Å². The standard InChI is InChI=1S/C25H20F2N5OPS.Tl/c1-3-16-19(26)10-9-14-6-4-8-17(20(14)16)22-21(27)23-18(12-29-22)24(31-25(30-23)35(2)33)32(34)13-15-7-5-11-28-15;/h4,6,8-12,15,28H,5,7,13,34H2,2H3;. The summed E-state index contributed by atoms with van der Waals surface area (Å²) >= 11 is -1.57. The molecule has 1 N–H and O–H groups in total. The second-order valence-electron chi connectivity index (χ2n) is 8.93. The molecular formula is C25H20F2N5OPSTl. The van der Waals surface area contributed by atoms with Crippen molar-refractivity contribution >= 4 is 71.9 Å². The van der Waals surface area contributed by atoms with Crippen LogP contribution in [0.5, 0.6) is 0 Å². The number of pyridine rings is 1. The molecule has 2 aromatic heterocycles. The van der Waals surface area contributed by atoms with Crippen molar-refractivity contribution in [3.05, 3.63) is 53.7 Å². The fraction of sp³-hybridized carbons (Fsp3) is 0.240. The fourth-order valence-corrected chi connectivity index (χ4v) is 10.3. The van der Waals surface area contributed by atoms with Crippen molar-refractivity contribution in [3.63, 3.8) is 0 Å². The molecule has 4 unspecified atom stereocenters. The molecule has 6 nitrogen and oxygen atoms in total. The van der Waals surface area contributed by atoms with Crippen molar-refractivity contribution in [2.24, 2.45) is 0 Å². The van der Waals surface area contributed by atoms with E-state index in [1.807, 2.05) is 10.7 Å². The van der Waals surface area contributed by atoms with Gasteiger partial charge in [-0.1, -0.05) is 0 Å². The Morgan fingerprint density at radius 1 is 1.22 bits per heavy atom. The summed E-state index contributed by atoms with van der Waals surface area (Å²) in [6.07, 6.45) is 5.02. The summed E-state index contributed by atoms with van der Waals surface area (Å²) in [7, 11) is 1.13. The van der Waals surface area contributed by atoms with Gasteiger partial charge in [0.1, 0.15) is 0 Å². The van der Waals surface area contributed by atoms with Crippen LogP contribution in [-0.4, -0.2) is 65.8 Å². The summed E-state index contributed by atoms with van der Waals surface area (Å²) in [5.74, 6) is 2.49. The Morgan fingerprint density at radius 2 is 2.08 bits per heavy atom. The van der Waals surface area contributed by atoms with Crippen LogP contribution < -0.4 is 9.99 Å². The average Bonchev–Trinajstić information content (AvgIpc) is 3.31. The Kier molecular flexibility index (Phi) is 6.48. The van der Waals surface area contributed by atoms with Crippen molar-refractivity contribution in [3.8, 4) is 20.7 Å². The van der Waals surface area contributed by atoms with Gasteiger partial charge in [0.25, 0.3) is 0 Å². The summed E-state index contributed by atoms with van der Waals surface area (Å²) < 4.78 is 49.3. The van der Waals surface area contributed by atoms with Crippen LogP contribution in [0.3, 0.4) is 0 Å². The van der Waals surface area contributed by atoms with Gasteiger partial charge in [-0.05, 0) is 0 Å². The summed E-state index contributed by atoms with van der Waals surface area (Å²) in [6.45, 7) is 0.613. The summed E-state index contributed by atoms with van der Waals surface area (Å²) in [5.41, 5.74) is 0.798. The maximum absolute atomic E-state index is 16.2. The van der Waals surface area contributed by atoms with Gasteiger partial charge in [-0.3, -0.25) is 0 Å². The zero-order valence-corrected chi connectivity index (χ0v) is 25.7. The SMILES string of the molecule is CS(=O)c1nc2c3cnc(c(F)c3n1)-c1cccc3ccc(F)c(c13)C#[C][Tl][CH]1CCC(CN2P)N1. The van der Waals surface area contributed by atoms with Gasteiger partial charge in [0, 0.05) is 0 Å². The van der Waals surface area contributed by atoms with Crippen molar-refractivity contribution in [1.29, 1.82) is 0 Å². The van der Waals surface area contributed by atoms with Crippen LogP contribution in [0, 0.1) is 21.0 Å². The van der Waals surface area contributed by atoms with Crippen LogP contribution in [0.25, 0.3) is 32.9 Å². The van der Waals surface area contributed by atoms with Gasteiger partial charge in [-0.15, -0.1) is 0 Å². The van der Waals surface area contributed by atoms with Crippen LogP contribution in [0.1, 0.15) is 18.4 Å². The van der Waals surface area contributed by atoms with Gasteiger partial charge >= 0.3 is 225 Å². The van der Waals surface area contributed by atoms with Gasteiger partial charge in [0.2, 0.25) is 0 Å². The van der Waals surface area contributed by atoms with Crippen LogP contribution in [0.4, 0.5) is 14.6 Å². The summed E-state index contributed by atoms with van der Waals surface area (Å²) in [6, 6.07) is 8.67. The topological polar surface area (TPSA) is 71.0 Å². The number of hydrogen-bond donors (Lipinski definition) is 1. The number of fused-ring (bicyclic) bond motifs is 3. The molecule has 3 aliphatic rings. The van der Waals surface area contributed by atoms with Crippen molar-refractivity contribution in [2.45, 2.75) is 27.6 Å². The van der Waals surface area contributed by atoms with Gasteiger partial charge in [-0.25, -0.2) is 0 Å². The molecule has 5 heterocycles. The second-order valence-corrected chi connectivity index (χ2v) is 16.4. The zero-order chi connectivity index (χ0) is 25.0. The minimum atomic E-state index is -1.57. The molecule has 1 saturated heterocycles. The Bertz CT molecular complexity index is 1640. The van der Waals surface area contributed by atoms with Crippen molar-refractivity contribution in [1.82, 2.24) is 20.3 Å². The number of anilines is 1. The molecule has 11 heteroatoms. The molecule has 0 amide bonds. The fourth-order valence-electron chi connectivity index (χ4n) is 4.89. The van der Waals surface area contributed by atoms with E-state index in [1.165, 1.54) is 12.3 Å². The van der Waals surface area contributed by atoms with Gasteiger partial charge < -0.3 is 0 Å². The molecule has 0 radical (unpaired) electrons. The maximum atomic E-state index is 16.2. The molecule has 6 bridgehead atoms. The molecule has 2 aromatic carbocycles. The van der Waals surface area contributed by atoms with E-state index in [4.69, 9.17) is 0 Å². The molecule has 36 heavy (non-hydrogen) atoms. The van der Waals surface area contributed by atoms with Crippen molar-refractivity contribution < 1.29 is 13.0 Å². The van der Waals surface area contributed by atoms with Gasteiger partial charge in [-0.2, -0.15) is 0 Å². The molecule has 4 atom stereocenters. The number of hydrogen-bond acceptors (Lipinski definition) is 6. The van der Waals surface area contributed by atoms with E-state index < -0.39 is 46.7 Å². The molecule has 1 fully saturated rings. The Morgan fingerprint density at radius 3 is 2.92 bits per heavy atom. The predicted octanol–water partition coefficient (Wildman–Crippen LogP) is 3.56. The second kappa shape index (κ2) is 9.63. The van der Waals surface area contributed by atoms with E-state index in [9.17, 15) is 4.21 Å². The van der Waals surface area contributed by atoms with Gasteiger partial charge in [0.05, 0.1) is 0 Å². The minimum absolute atomic E-state index is 0.0316. The van der Waals surface area contributed by atoms with E-state index in [1.54, 1.807) is 24.4 Å². The van der Waals surface area contributed by atoms with Crippen molar-refractivity contribution in [2.75, 3.05) is 17.5 Å². The third-order valence-electron chi connectivity index (χ3n) is 6.60. The van der Waals surface area contributed by atoms with E-state index in [2.05, 4.69) is 39.1 Å². The van der Waals surface area contributed by atoms with Gasteiger partial charge in [0.15, 0.2) is 0 Å². The number of halogens is 2. The third kappa shape index (κ3) is 4.22. The predicted molar refractivity (Wildman–Crippen MR) is 142 cm³/mol. The molecule has 3 aliphatic heterocycles. The monoisotopic (exact) mass is 712 g/mol. The zero-order valence-electron chi connectivity index (χ0n) is 19.3. The first-order valence-electron chi connectivity index (χ1n) is 11.4. The number of aromatic nitrogens is 3. The number of benzene rings is 2. The van der Waals surface area contributed by atoms with E-state index >= 15 is 8.78 Å². The molecule has 4 aromatic rings. The van der Waals surface area contributed by atoms with E-state index in [0.717, 1.165) is 18.2 Å². The molecule has 179 valence electrons. The normalized spacial score (nSPS) is 19.7. The Balaban J connectivity index is 1.70. The quantitative estimate of drug-likeness (QED) is 0.141. The molecule has 0 saturated carbocycles. The molecule has 0 spiro atoms. The van der Waals surface area contributed by atoms with Crippen LogP contribution in [-0.2, 0) is 10.8 Å². The third-order valence-corrected chi connectivity index (χ3v) is 12.6. The summed E-state index contributed by atoms with van der Waals surface area (Å²) in [5, 5.41) is 5.44. The van der Waals surface area contributed by atoms with Crippen LogP contribution in [0.2, 0.25) is 0 Å². The van der Waals surface area contributed by atoms with Crippen LogP contribution in [0.15, 0.2) is 41.7 Å². The molecule has 7 rings (SSSR count). The van der Waals surface area contributed by atoms with E-state index in [-0.39, 0.29) is 28.0 Å². The first kappa shape index (κ1) is 24.2.